The van der Waals surface area contributed by atoms with Crippen LogP contribution in [0.2, 0.25) is 0 Å². The summed E-state index contributed by atoms with van der Waals surface area (Å²) in [5.74, 6) is 0. The summed E-state index contributed by atoms with van der Waals surface area (Å²) in [5.41, 5.74) is 14.8. The van der Waals surface area contributed by atoms with Crippen molar-refractivity contribution in [3.8, 4) is 0 Å². The number of allylic oxidation sites excluding steroid dienone is 13. The second-order valence-electron chi connectivity index (χ2n) is 12.8. The standard InChI is InChI=1S/C45H52N2/c1-9-11-17-40(14-10-2)41-30-42(46-38(8)24-20-34(4)21-25-39-26-22-36(6)28-37(39)7)32-45(31-41)47(44-19-13-16-35(5)29-44)43-18-12-15-33(3)23-27-43/h9-11,13-14,16-17,19-24,26-32,38,46H,1-2,12,15,18,25H2,3-8H3/b17-11-,24-20-,34-21-,40-14+. The van der Waals surface area contributed by atoms with Gasteiger partial charge in [0.2, 0.25) is 0 Å². The molecule has 1 atom stereocenters. The molecule has 0 spiro atoms. The average Bonchev–Trinajstić information content (AvgIpc) is 3.25. The quantitative estimate of drug-likeness (QED) is 0.191. The molecule has 1 aliphatic rings. The van der Waals surface area contributed by atoms with Crippen molar-refractivity contribution < 1.29 is 0 Å². The Balaban J connectivity index is 1.72. The van der Waals surface area contributed by atoms with Gasteiger partial charge in [0.05, 0.1) is 0 Å². The smallest absolute Gasteiger partial charge is 0.0485 e. The van der Waals surface area contributed by atoms with Gasteiger partial charge in [0.15, 0.2) is 0 Å². The van der Waals surface area contributed by atoms with Gasteiger partial charge >= 0.3 is 0 Å². The lowest BCUT2D eigenvalue weighted by atomic mass is 10.0. The lowest BCUT2D eigenvalue weighted by Gasteiger charge is -2.29. The van der Waals surface area contributed by atoms with Crippen molar-refractivity contribution in [1.82, 2.24) is 0 Å². The molecule has 2 nitrogen and oxygen atoms in total. The summed E-state index contributed by atoms with van der Waals surface area (Å²) in [6, 6.07) is 22.4. The molecule has 0 saturated carbocycles. The molecule has 1 N–H and O–H groups in total. The molecular formula is C45H52N2. The maximum absolute atomic E-state index is 4.00. The van der Waals surface area contributed by atoms with Crippen molar-refractivity contribution in [3.05, 3.63) is 179 Å². The van der Waals surface area contributed by atoms with E-state index in [4.69, 9.17) is 0 Å². The molecule has 0 fully saturated rings. The third kappa shape index (κ3) is 10.3. The molecule has 0 aromatic heterocycles. The molecule has 0 amide bonds. The normalized spacial score (nSPS) is 14.9. The van der Waals surface area contributed by atoms with E-state index < -0.39 is 0 Å². The predicted octanol–water partition coefficient (Wildman–Crippen LogP) is 12.6. The highest BCUT2D eigenvalue weighted by Crippen LogP contribution is 2.37. The second kappa shape index (κ2) is 17.2. The number of rotatable bonds is 13. The zero-order valence-electron chi connectivity index (χ0n) is 29.3. The molecule has 2 heteroatoms. The summed E-state index contributed by atoms with van der Waals surface area (Å²) in [5, 5.41) is 3.79. The Morgan fingerprint density at radius 3 is 2.43 bits per heavy atom. The van der Waals surface area contributed by atoms with Crippen LogP contribution in [0.3, 0.4) is 0 Å². The first-order valence-electron chi connectivity index (χ1n) is 16.8. The molecule has 47 heavy (non-hydrogen) atoms. The fourth-order valence-corrected chi connectivity index (χ4v) is 5.95. The van der Waals surface area contributed by atoms with E-state index in [0.717, 1.165) is 48.2 Å². The van der Waals surface area contributed by atoms with Gasteiger partial charge < -0.3 is 10.2 Å². The van der Waals surface area contributed by atoms with Crippen LogP contribution in [-0.2, 0) is 6.42 Å². The topological polar surface area (TPSA) is 15.3 Å². The third-order valence-electron chi connectivity index (χ3n) is 8.51. The average molecular weight is 621 g/mol. The van der Waals surface area contributed by atoms with Crippen LogP contribution in [-0.4, -0.2) is 6.04 Å². The zero-order chi connectivity index (χ0) is 33.8. The van der Waals surface area contributed by atoms with Crippen LogP contribution >= 0.6 is 0 Å². The Kier molecular flexibility index (Phi) is 12.8. The summed E-state index contributed by atoms with van der Waals surface area (Å²) in [6.07, 6.45) is 25.4. The zero-order valence-corrected chi connectivity index (χ0v) is 29.3. The van der Waals surface area contributed by atoms with Gasteiger partial charge in [0.25, 0.3) is 0 Å². The van der Waals surface area contributed by atoms with Crippen LogP contribution in [0.5, 0.6) is 0 Å². The molecule has 242 valence electrons. The van der Waals surface area contributed by atoms with E-state index >= 15 is 0 Å². The molecule has 1 unspecified atom stereocenters. The number of anilines is 3. The summed E-state index contributed by atoms with van der Waals surface area (Å²) < 4.78 is 0. The van der Waals surface area contributed by atoms with Gasteiger partial charge in [-0.3, -0.25) is 0 Å². The molecule has 3 aromatic rings. The van der Waals surface area contributed by atoms with Gasteiger partial charge in [-0.05, 0) is 131 Å². The maximum Gasteiger partial charge on any atom is 0.0485 e. The maximum atomic E-state index is 4.00. The van der Waals surface area contributed by atoms with Gasteiger partial charge in [0, 0.05) is 28.8 Å². The molecule has 4 rings (SSSR count). The number of benzene rings is 3. The van der Waals surface area contributed by atoms with E-state index in [9.17, 15) is 0 Å². The third-order valence-corrected chi connectivity index (χ3v) is 8.51. The molecular weight excluding hydrogens is 569 g/mol. The van der Waals surface area contributed by atoms with Crippen molar-refractivity contribution in [2.45, 2.75) is 73.3 Å². The first-order chi connectivity index (χ1) is 22.7. The van der Waals surface area contributed by atoms with Crippen LogP contribution in [0.15, 0.2) is 151 Å². The largest absolute Gasteiger partial charge is 0.379 e. The monoisotopic (exact) mass is 620 g/mol. The van der Waals surface area contributed by atoms with Gasteiger partial charge in [-0.1, -0.05) is 115 Å². The van der Waals surface area contributed by atoms with Crippen molar-refractivity contribution in [1.29, 1.82) is 0 Å². The Labute approximate surface area is 284 Å². The van der Waals surface area contributed by atoms with Crippen LogP contribution in [0.4, 0.5) is 17.1 Å². The summed E-state index contributed by atoms with van der Waals surface area (Å²) >= 11 is 0. The van der Waals surface area contributed by atoms with E-state index in [-0.39, 0.29) is 6.04 Å². The van der Waals surface area contributed by atoms with E-state index in [1.54, 1.807) is 0 Å². The number of nitrogens with zero attached hydrogens (tertiary/aromatic N) is 1. The molecule has 0 saturated heterocycles. The van der Waals surface area contributed by atoms with Crippen molar-refractivity contribution in [2.75, 3.05) is 10.2 Å². The number of aryl methyl sites for hydroxylation is 3. The molecule has 0 radical (unpaired) electrons. The minimum absolute atomic E-state index is 0.119. The number of hydrogen-bond acceptors (Lipinski definition) is 2. The first kappa shape index (κ1) is 35.0. The van der Waals surface area contributed by atoms with Gasteiger partial charge in [-0.25, -0.2) is 0 Å². The van der Waals surface area contributed by atoms with Crippen LogP contribution in [0.25, 0.3) is 5.57 Å². The second-order valence-corrected chi connectivity index (χ2v) is 12.8. The fourth-order valence-electron chi connectivity index (χ4n) is 5.95. The van der Waals surface area contributed by atoms with Crippen molar-refractivity contribution >= 4 is 22.6 Å². The minimum atomic E-state index is 0.119. The number of hydrogen-bond donors (Lipinski definition) is 1. The van der Waals surface area contributed by atoms with Crippen LogP contribution in [0.1, 0.15) is 67.9 Å². The summed E-state index contributed by atoms with van der Waals surface area (Å²) in [4.78, 5) is 2.43. The summed E-state index contributed by atoms with van der Waals surface area (Å²) in [7, 11) is 0. The van der Waals surface area contributed by atoms with Crippen molar-refractivity contribution in [3.63, 3.8) is 0 Å². The van der Waals surface area contributed by atoms with Crippen LogP contribution < -0.4 is 10.2 Å². The number of nitrogens with one attached hydrogen (secondary N) is 1. The summed E-state index contributed by atoms with van der Waals surface area (Å²) in [6.45, 7) is 21.0. The first-order valence-corrected chi connectivity index (χ1v) is 16.8. The highest BCUT2D eigenvalue weighted by atomic mass is 15.1. The van der Waals surface area contributed by atoms with Gasteiger partial charge in [0.1, 0.15) is 0 Å². The highest BCUT2D eigenvalue weighted by molar-refractivity contribution is 5.82. The van der Waals surface area contributed by atoms with Gasteiger partial charge in [-0.15, -0.1) is 0 Å². The lowest BCUT2D eigenvalue weighted by Crippen LogP contribution is -2.18. The SMILES string of the molecule is C=C/C=C\C(=C/C=C)c1cc(NC(C)/C=C\C(C)=C/Cc2ccc(C)cc2C)cc(N(C2=CC=C(C)CCC2)c2cccc(C)c2)c1. The Bertz CT molecular complexity index is 1750. The lowest BCUT2D eigenvalue weighted by molar-refractivity contribution is 0.800. The Hall–Kier alpha value is -4.82. The highest BCUT2D eigenvalue weighted by Gasteiger charge is 2.18. The fraction of sp³-hybridized carbons (Fsp3) is 0.244. The van der Waals surface area contributed by atoms with E-state index in [1.165, 1.54) is 44.8 Å². The molecule has 1 aliphatic carbocycles. The molecule has 0 aliphatic heterocycles. The van der Waals surface area contributed by atoms with Crippen LogP contribution in [0, 0.1) is 20.8 Å². The predicted molar refractivity (Wildman–Crippen MR) is 209 cm³/mol. The molecule has 3 aromatic carbocycles. The Morgan fingerprint density at radius 2 is 1.68 bits per heavy atom. The van der Waals surface area contributed by atoms with E-state index in [0.29, 0.717) is 0 Å². The molecule has 0 bridgehead atoms. The minimum Gasteiger partial charge on any atom is -0.379 e. The van der Waals surface area contributed by atoms with E-state index in [1.807, 2.05) is 18.2 Å². The molecule has 0 heterocycles. The van der Waals surface area contributed by atoms with Crippen molar-refractivity contribution in [2.24, 2.45) is 0 Å². The van der Waals surface area contributed by atoms with E-state index in [2.05, 4.69) is 168 Å². The van der Waals surface area contributed by atoms with Gasteiger partial charge in [-0.2, -0.15) is 0 Å². The Morgan fingerprint density at radius 1 is 0.872 bits per heavy atom.